The fourth-order valence-electron chi connectivity index (χ4n) is 3.68. The third-order valence-electron chi connectivity index (χ3n) is 5.40. The van der Waals surface area contributed by atoms with Crippen molar-refractivity contribution in [2.24, 2.45) is 0 Å². The molecule has 0 atom stereocenters. The number of benzene rings is 3. The summed E-state index contributed by atoms with van der Waals surface area (Å²) in [5, 5.41) is 5.26. The molecule has 0 bridgehead atoms. The van der Waals surface area contributed by atoms with Gasteiger partial charge in [0.15, 0.2) is 0 Å². The van der Waals surface area contributed by atoms with Gasteiger partial charge in [0.05, 0.1) is 28.3 Å². The molecule has 1 aromatic heterocycles. The number of nitrogens with zero attached hydrogens (tertiary/aromatic N) is 1. The Balaban J connectivity index is 1.58. The van der Waals surface area contributed by atoms with Crippen LogP contribution in [-0.2, 0) is 11.3 Å². The number of methoxy groups -OCH3 is 1. The van der Waals surface area contributed by atoms with E-state index in [9.17, 15) is 4.79 Å². The summed E-state index contributed by atoms with van der Waals surface area (Å²) in [4.78, 5) is 11.8. The van der Waals surface area contributed by atoms with E-state index in [1.807, 2.05) is 50.2 Å². The van der Waals surface area contributed by atoms with Gasteiger partial charge in [-0.15, -0.1) is 0 Å². The van der Waals surface area contributed by atoms with Gasteiger partial charge in [0, 0.05) is 11.5 Å². The molecule has 0 unspecified atom stereocenters. The van der Waals surface area contributed by atoms with Crippen LogP contribution in [0.25, 0.3) is 22.4 Å². The van der Waals surface area contributed by atoms with E-state index in [1.54, 1.807) is 30.3 Å². The van der Waals surface area contributed by atoms with E-state index in [-0.39, 0.29) is 18.5 Å². The Morgan fingerprint density at radius 1 is 0.971 bits per heavy atom. The molecule has 3 aromatic carbocycles. The van der Waals surface area contributed by atoms with Crippen LogP contribution >= 0.6 is 23.2 Å². The Morgan fingerprint density at radius 3 is 2.29 bits per heavy atom. The average molecular weight is 496 g/mol. The van der Waals surface area contributed by atoms with Crippen molar-refractivity contribution in [2.45, 2.75) is 26.4 Å². The minimum absolute atomic E-state index is 0.102. The van der Waals surface area contributed by atoms with Crippen LogP contribution in [0.3, 0.4) is 0 Å². The molecule has 0 fully saturated rings. The van der Waals surface area contributed by atoms with E-state index in [0.29, 0.717) is 32.6 Å². The number of rotatable bonds is 7. The van der Waals surface area contributed by atoms with Crippen molar-refractivity contribution in [3.63, 3.8) is 0 Å². The van der Waals surface area contributed by atoms with Gasteiger partial charge in [0.25, 0.3) is 0 Å². The maximum absolute atomic E-state index is 11.8. The lowest BCUT2D eigenvalue weighted by molar-refractivity contribution is 0.0601. The summed E-state index contributed by atoms with van der Waals surface area (Å²) in [7, 11) is 1.37. The molecule has 4 aromatic rings. The first kappa shape index (κ1) is 23.9. The van der Waals surface area contributed by atoms with Crippen molar-refractivity contribution in [1.82, 2.24) is 5.16 Å². The molecule has 0 spiro atoms. The number of halogens is 2. The van der Waals surface area contributed by atoms with Crippen molar-refractivity contribution in [3.05, 3.63) is 93.7 Å². The van der Waals surface area contributed by atoms with Crippen LogP contribution in [-0.4, -0.2) is 18.2 Å². The van der Waals surface area contributed by atoms with E-state index >= 15 is 0 Å². The SMILES string of the molecule is COC(=O)c1cccc(-c2ccc(OCc3c(-c4c(Cl)cccc4Cl)noc3C(C)C)cc2)c1. The maximum atomic E-state index is 11.8. The van der Waals surface area contributed by atoms with Crippen molar-refractivity contribution in [1.29, 1.82) is 0 Å². The Hall–Kier alpha value is -3.28. The van der Waals surface area contributed by atoms with Crippen molar-refractivity contribution in [2.75, 3.05) is 7.11 Å². The average Bonchev–Trinajstić information content (AvgIpc) is 3.26. The van der Waals surface area contributed by atoms with Crippen molar-refractivity contribution in [3.8, 4) is 28.1 Å². The largest absolute Gasteiger partial charge is 0.489 e. The Kier molecular flexibility index (Phi) is 7.25. The summed E-state index contributed by atoms with van der Waals surface area (Å²) in [5.74, 6) is 1.14. The molecule has 0 aliphatic heterocycles. The Bertz CT molecular complexity index is 1290. The second-order valence-corrected chi connectivity index (χ2v) is 8.83. The summed E-state index contributed by atoms with van der Waals surface area (Å²) in [6.07, 6.45) is 0. The predicted molar refractivity (Wildman–Crippen MR) is 134 cm³/mol. The molecule has 5 nitrogen and oxygen atoms in total. The quantitative estimate of drug-likeness (QED) is 0.244. The zero-order valence-electron chi connectivity index (χ0n) is 19.0. The predicted octanol–water partition coefficient (Wildman–Crippen LogP) is 7.80. The normalized spacial score (nSPS) is 11.0. The first-order valence-corrected chi connectivity index (χ1v) is 11.5. The maximum Gasteiger partial charge on any atom is 0.337 e. The van der Waals surface area contributed by atoms with Gasteiger partial charge in [-0.1, -0.05) is 72.5 Å². The fourth-order valence-corrected chi connectivity index (χ4v) is 4.25. The van der Waals surface area contributed by atoms with Gasteiger partial charge in [-0.2, -0.15) is 0 Å². The lowest BCUT2D eigenvalue weighted by atomic mass is 10.0. The van der Waals surface area contributed by atoms with E-state index in [0.717, 1.165) is 22.5 Å². The second-order valence-electron chi connectivity index (χ2n) is 8.01. The Morgan fingerprint density at radius 2 is 1.65 bits per heavy atom. The number of ether oxygens (including phenoxy) is 2. The molecule has 4 rings (SSSR count). The number of esters is 1. The van der Waals surface area contributed by atoms with Crippen LogP contribution < -0.4 is 4.74 Å². The van der Waals surface area contributed by atoms with Gasteiger partial charge in [0.2, 0.25) is 0 Å². The monoisotopic (exact) mass is 495 g/mol. The van der Waals surface area contributed by atoms with Crippen LogP contribution in [0.5, 0.6) is 5.75 Å². The highest BCUT2D eigenvalue weighted by Gasteiger charge is 2.23. The summed E-state index contributed by atoms with van der Waals surface area (Å²) in [6, 6.07) is 20.3. The van der Waals surface area contributed by atoms with Crippen LogP contribution in [0.15, 0.2) is 71.3 Å². The molecular weight excluding hydrogens is 473 g/mol. The first-order valence-electron chi connectivity index (χ1n) is 10.7. The molecule has 7 heteroatoms. The van der Waals surface area contributed by atoms with E-state index in [1.165, 1.54) is 7.11 Å². The zero-order chi connectivity index (χ0) is 24.2. The smallest absolute Gasteiger partial charge is 0.337 e. The molecule has 0 aliphatic rings. The van der Waals surface area contributed by atoms with Crippen LogP contribution in [0, 0.1) is 0 Å². The number of hydrogen-bond acceptors (Lipinski definition) is 5. The minimum atomic E-state index is -0.370. The molecule has 0 saturated carbocycles. The van der Waals surface area contributed by atoms with Crippen LogP contribution in [0.2, 0.25) is 10.0 Å². The highest BCUT2D eigenvalue weighted by molar-refractivity contribution is 6.39. The summed E-state index contributed by atoms with van der Waals surface area (Å²) < 4.78 is 16.5. The molecule has 0 amide bonds. The second kappa shape index (κ2) is 10.3. The molecule has 0 aliphatic carbocycles. The van der Waals surface area contributed by atoms with Gasteiger partial charge < -0.3 is 14.0 Å². The van der Waals surface area contributed by atoms with Gasteiger partial charge in [0.1, 0.15) is 23.8 Å². The number of carbonyl (C=O) groups excluding carboxylic acids is 1. The first-order chi connectivity index (χ1) is 16.4. The fraction of sp³-hybridized carbons (Fsp3) is 0.185. The van der Waals surface area contributed by atoms with E-state index < -0.39 is 0 Å². The molecule has 0 N–H and O–H groups in total. The van der Waals surface area contributed by atoms with Gasteiger partial charge in [-0.05, 0) is 47.5 Å². The summed E-state index contributed by atoms with van der Waals surface area (Å²) in [5.41, 5.74) is 4.37. The van der Waals surface area contributed by atoms with Crippen molar-refractivity contribution >= 4 is 29.2 Å². The lowest BCUT2D eigenvalue weighted by Gasteiger charge is -2.11. The minimum Gasteiger partial charge on any atom is -0.489 e. The highest BCUT2D eigenvalue weighted by Crippen LogP contribution is 2.39. The molecule has 174 valence electrons. The molecular formula is C27H23Cl2NO4. The molecule has 0 radical (unpaired) electrons. The zero-order valence-corrected chi connectivity index (χ0v) is 20.5. The van der Waals surface area contributed by atoms with Crippen LogP contribution in [0.4, 0.5) is 0 Å². The van der Waals surface area contributed by atoms with E-state index in [4.69, 9.17) is 37.2 Å². The third kappa shape index (κ3) is 4.96. The molecule has 1 heterocycles. The number of carbonyl (C=O) groups is 1. The number of aromatic nitrogens is 1. The lowest BCUT2D eigenvalue weighted by Crippen LogP contribution is -2.01. The molecule has 0 saturated heterocycles. The van der Waals surface area contributed by atoms with Gasteiger partial charge >= 0.3 is 5.97 Å². The van der Waals surface area contributed by atoms with Gasteiger partial charge in [-0.3, -0.25) is 0 Å². The summed E-state index contributed by atoms with van der Waals surface area (Å²) in [6.45, 7) is 4.30. The topological polar surface area (TPSA) is 61.6 Å². The highest BCUT2D eigenvalue weighted by atomic mass is 35.5. The molecule has 34 heavy (non-hydrogen) atoms. The third-order valence-corrected chi connectivity index (χ3v) is 6.03. The standard InChI is InChI=1S/C27H23Cl2NO4/c1-16(2)26-21(25(30-34-26)24-22(28)8-5-9-23(24)29)15-33-20-12-10-17(11-13-20)18-6-4-7-19(14-18)27(31)32-3/h4-14,16H,15H2,1-3H3. The van der Waals surface area contributed by atoms with Gasteiger partial charge in [-0.25, -0.2) is 4.79 Å². The Labute approximate surface area is 208 Å². The summed E-state index contributed by atoms with van der Waals surface area (Å²) >= 11 is 12.8. The number of hydrogen-bond donors (Lipinski definition) is 0. The van der Waals surface area contributed by atoms with Crippen molar-refractivity contribution < 1.29 is 18.8 Å². The van der Waals surface area contributed by atoms with E-state index in [2.05, 4.69) is 5.16 Å². The van der Waals surface area contributed by atoms with Crippen LogP contribution in [0.1, 0.15) is 41.4 Å².